The van der Waals surface area contributed by atoms with E-state index in [4.69, 9.17) is 0 Å². The topological polar surface area (TPSA) is 89.8 Å². The highest BCUT2D eigenvalue weighted by atomic mass is 16.3. The number of nitrogens with one attached hydrogen (secondary N) is 1. The molecule has 5 heteroatoms. The minimum atomic E-state index is -1.10. The molecular weight excluding hydrogens is 558 g/mol. The molecule has 3 unspecified atom stereocenters. The second-order valence-corrected chi connectivity index (χ2v) is 13.5. The van der Waals surface area contributed by atoms with Crippen LogP contribution in [0.1, 0.15) is 200 Å². The number of amides is 1. The predicted octanol–water partition coefficient (Wildman–Crippen LogP) is 10.7. The van der Waals surface area contributed by atoms with Crippen molar-refractivity contribution in [1.82, 2.24) is 5.32 Å². The summed E-state index contributed by atoms with van der Waals surface area (Å²) in [7, 11) is 0. The van der Waals surface area contributed by atoms with Gasteiger partial charge in [0.15, 0.2) is 0 Å². The van der Waals surface area contributed by atoms with Gasteiger partial charge in [0.1, 0.15) is 6.10 Å². The van der Waals surface area contributed by atoms with Crippen molar-refractivity contribution in [2.45, 2.75) is 218 Å². The summed E-state index contributed by atoms with van der Waals surface area (Å²) in [5.41, 5.74) is 0. The Labute approximate surface area is 280 Å². The number of hydrogen-bond donors (Lipinski definition) is 4. The number of hydrogen-bond acceptors (Lipinski definition) is 4. The summed E-state index contributed by atoms with van der Waals surface area (Å²) in [6, 6.07) is -0.809. The van der Waals surface area contributed by atoms with Gasteiger partial charge >= 0.3 is 0 Å². The third-order valence-electron chi connectivity index (χ3n) is 9.04. The monoisotopic (exact) mass is 636 g/mol. The van der Waals surface area contributed by atoms with Gasteiger partial charge in [0.25, 0.3) is 0 Å². The van der Waals surface area contributed by atoms with Crippen LogP contribution in [0.4, 0.5) is 0 Å². The predicted molar refractivity (Wildman–Crippen MR) is 195 cm³/mol. The van der Waals surface area contributed by atoms with Crippen LogP contribution in [0.5, 0.6) is 0 Å². The molecular formula is C40H77NO4. The van der Waals surface area contributed by atoms with Crippen LogP contribution in [0, 0.1) is 0 Å². The minimum Gasteiger partial charge on any atom is -0.394 e. The molecule has 266 valence electrons. The number of carbonyl (C=O) groups excluding carboxylic acids is 1. The molecule has 3 atom stereocenters. The smallest absolute Gasteiger partial charge is 0.249 e. The van der Waals surface area contributed by atoms with Gasteiger partial charge < -0.3 is 20.6 Å². The molecule has 0 fully saturated rings. The van der Waals surface area contributed by atoms with Gasteiger partial charge in [-0.1, -0.05) is 192 Å². The average Bonchev–Trinajstić information content (AvgIpc) is 3.04. The van der Waals surface area contributed by atoms with Crippen LogP contribution < -0.4 is 5.32 Å². The number of rotatable bonds is 35. The van der Waals surface area contributed by atoms with Gasteiger partial charge in [-0.3, -0.25) is 4.79 Å². The van der Waals surface area contributed by atoms with Gasteiger partial charge in [-0.15, -0.1) is 0 Å². The standard InChI is InChI=1S/C40H77NO4/c1-3-5-7-9-11-13-15-17-19-21-23-25-27-29-31-33-35-39(44)40(45)41-37(36-42)38(43)34-32-30-28-26-24-22-20-18-16-14-12-10-8-6-4-2/h24,26,32,34,37-39,42-44H,3-23,25,27-31,33,35-36H2,1-2H3,(H,41,45)/b26-24+,34-32+. The van der Waals surface area contributed by atoms with E-state index in [-0.39, 0.29) is 6.61 Å². The lowest BCUT2D eigenvalue weighted by molar-refractivity contribution is -0.131. The van der Waals surface area contributed by atoms with E-state index in [1.54, 1.807) is 6.08 Å². The molecule has 0 spiro atoms. The Kier molecular flexibility index (Phi) is 34.8. The average molecular weight is 636 g/mol. The number of aliphatic hydroxyl groups is 3. The molecule has 1 amide bonds. The Balaban J connectivity index is 3.75. The SMILES string of the molecule is CCCCCCCCCCC/C=C/CC/C=C/C(O)C(CO)NC(=O)C(O)CCCCCCCCCCCCCCCCCC. The summed E-state index contributed by atoms with van der Waals surface area (Å²) in [6.07, 6.45) is 41.9. The van der Waals surface area contributed by atoms with Gasteiger partial charge in [0, 0.05) is 0 Å². The first-order valence-electron chi connectivity index (χ1n) is 19.7. The van der Waals surface area contributed by atoms with E-state index in [0.29, 0.717) is 6.42 Å². The summed E-state index contributed by atoms with van der Waals surface area (Å²) < 4.78 is 0. The third kappa shape index (κ3) is 31.2. The molecule has 0 aromatic carbocycles. The van der Waals surface area contributed by atoms with Crippen molar-refractivity contribution in [3.05, 3.63) is 24.3 Å². The zero-order chi connectivity index (χ0) is 33.1. The molecule has 0 aromatic rings. The molecule has 45 heavy (non-hydrogen) atoms. The van der Waals surface area contributed by atoms with Crippen molar-refractivity contribution in [2.24, 2.45) is 0 Å². The molecule has 4 N–H and O–H groups in total. The number of carbonyl (C=O) groups is 1. The lowest BCUT2D eigenvalue weighted by Crippen LogP contribution is -2.48. The summed E-state index contributed by atoms with van der Waals surface area (Å²) in [5, 5.41) is 33.0. The van der Waals surface area contributed by atoms with Crippen LogP contribution in [0.2, 0.25) is 0 Å². The van der Waals surface area contributed by atoms with E-state index in [2.05, 4.69) is 31.3 Å². The quantitative estimate of drug-likeness (QED) is 0.0412. The largest absolute Gasteiger partial charge is 0.394 e. The van der Waals surface area contributed by atoms with Crippen LogP contribution in [0.3, 0.4) is 0 Å². The Morgan fingerprint density at radius 3 is 1.36 bits per heavy atom. The van der Waals surface area contributed by atoms with E-state index in [0.717, 1.165) is 38.5 Å². The molecule has 0 heterocycles. The number of allylic oxidation sites excluding steroid dienone is 3. The first kappa shape index (κ1) is 43.8. The van der Waals surface area contributed by atoms with Crippen molar-refractivity contribution in [3.8, 4) is 0 Å². The molecule has 5 nitrogen and oxygen atoms in total. The molecule has 0 aliphatic carbocycles. The lowest BCUT2D eigenvalue weighted by atomic mass is 10.0. The summed E-state index contributed by atoms with van der Waals surface area (Å²) >= 11 is 0. The van der Waals surface area contributed by atoms with Crippen molar-refractivity contribution < 1.29 is 20.1 Å². The highest BCUT2D eigenvalue weighted by Crippen LogP contribution is 2.15. The highest BCUT2D eigenvalue weighted by Gasteiger charge is 2.22. The third-order valence-corrected chi connectivity index (χ3v) is 9.04. The Morgan fingerprint density at radius 1 is 0.533 bits per heavy atom. The maximum absolute atomic E-state index is 12.4. The molecule has 0 rings (SSSR count). The summed E-state index contributed by atoms with van der Waals surface area (Å²) in [4.78, 5) is 12.4. The second-order valence-electron chi connectivity index (χ2n) is 13.5. The zero-order valence-electron chi connectivity index (χ0n) is 30.0. The van der Waals surface area contributed by atoms with E-state index in [1.165, 1.54) is 141 Å². The van der Waals surface area contributed by atoms with E-state index in [9.17, 15) is 20.1 Å². The molecule has 0 bridgehead atoms. The van der Waals surface area contributed by atoms with Crippen molar-refractivity contribution >= 4 is 5.91 Å². The van der Waals surface area contributed by atoms with Gasteiger partial charge in [-0.25, -0.2) is 0 Å². The molecule has 0 aliphatic heterocycles. The van der Waals surface area contributed by atoms with Gasteiger partial charge in [-0.05, 0) is 32.1 Å². The molecule has 0 radical (unpaired) electrons. The second kappa shape index (κ2) is 35.7. The first-order chi connectivity index (χ1) is 22.1. The fourth-order valence-corrected chi connectivity index (χ4v) is 5.91. The Morgan fingerprint density at radius 2 is 0.911 bits per heavy atom. The maximum Gasteiger partial charge on any atom is 0.249 e. The van der Waals surface area contributed by atoms with Crippen molar-refractivity contribution in [3.63, 3.8) is 0 Å². The normalized spacial score (nSPS) is 14.0. The molecule has 0 aromatic heterocycles. The molecule has 0 aliphatic rings. The fourth-order valence-electron chi connectivity index (χ4n) is 5.91. The fraction of sp³-hybridized carbons (Fsp3) is 0.875. The highest BCUT2D eigenvalue weighted by molar-refractivity contribution is 5.80. The maximum atomic E-state index is 12.4. The number of unbranched alkanes of at least 4 members (excludes halogenated alkanes) is 25. The van der Waals surface area contributed by atoms with Gasteiger partial charge in [0.05, 0.1) is 18.8 Å². The minimum absolute atomic E-state index is 0.373. The van der Waals surface area contributed by atoms with Crippen LogP contribution in [-0.2, 0) is 4.79 Å². The molecule has 0 saturated heterocycles. The summed E-state index contributed by atoms with van der Waals surface area (Å²) in [5.74, 6) is -0.512. The zero-order valence-corrected chi connectivity index (χ0v) is 30.0. The Bertz CT molecular complexity index is 665. The molecule has 0 saturated carbocycles. The van der Waals surface area contributed by atoms with E-state index < -0.39 is 24.2 Å². The lowest BCUT2D eigenvalue weighted by Gasteiger charge is -2.21. The van der Waals surface area contributed by atoms with Crippen LogP contribution in [-0.4, -0.2) is 46.1 Å². The van der Waals surface area contributed by atoms with E-state index >= 15 is 0 Å². The van der Waals surface area contributed by atoms with Crippen LogP contribution in [0.25, 0.3) is 0 Å². The van der Waals surface area contributed by atoms with Crippen molar-refractivity contribution in [2.75, 3.05) is 6.61 Å². The number of aliphatic hydroxyl groups excluding tert-OH is 3. The van der Waals surface area contributed by atoms with Crippen LogP contribution in [0.15, 0.2) is 24.3 Å². The van der Waals surface area contributed by atoms with Crippen molar-refractivity contribution in [1.29, 1.82) is 0 Å². The first-order valence-corrected chi connectivity index (χ1v) is 19.7. The Hall–Kier alpha value is -1.17. The van der Waals surface area contributed by atoms with E-state index in [1.807, 2.05) is 6.08 Å². The summed E-state index contributed by atoms with van der Waals surface area (Å²) in [6.45, 7) is 4.16. The van der Waals surface area contributed by atoms with Crippen LogP contribution >= 0.6 is 0 Å². The van der Waals surface area contributed by atoms with Gasteiger partial charge in [0.2, 0.25) is 5.91 Å². The van der Waals surface area contributed by atoms with Gasteiger partial charge in [-0.2, -0.15) is 0 Å².